The first-order chi connectivity index (χ1) is 10.2. The average Bonchev–Trinajstić information content (AvgIpc) is 2.51. The van der Waals surface area contributed by atoms with E-state index in [0.29, 0.717) is 18.6 Å². The second-order valence-corrected chi connectivity index (χ2v) is 6.14. The normalized spacial score (nSPS) is 22.9. The van der Waals surface area contributed by atoms with Crippen molar-refractivity contribution in [2.45, 2.75) is 37.8 Å². The van der Waals surface area contributed by atoms with Gasteiger partial charge in [-0.3, -0.25) is 14.6 Å². The topological polar surface area (TPSA) is 47.6 Å². The van der Waals surface area contributed by atoms with Gasteiger partial charge < -0.3 is 10.6 Å². The maximum atomic E-state index is 11.4. The summed E-state index contributed by atoms with van der Waals surface area (Å²) in [5, 5.41) is 6.49. The molecule has 118 valence electrons. The molecule has 0 unspecified atom stereocenters. The maximum absolute atomic E-state index is 11.4. The molecule has 2 aliphatic rings. The summed E-state index contributed by atoms with van der Waals surface area (Å²) in [6, 6.07) is 1.24. The molecular formula is C16H28N4O. The highest BCUT2D eigenvalue weighted by atomic mass is 16.1. The van der Waals surface area contributed by atoms with Gasteiger partial charge in [-0.15, -0.1) is 6.42 Å². The number of carbonyl (C=O) groups excluding carboxylic acids is 1. The van der Waals surface area contributed by atoms with Crippen LogP contribution in [0.2, 0.25) is 0 Å². The molecule has 1 amide bonds. The minimum atomic E-state index is 0.113. The molecule has 2 fully saturated rings. The Hall–Kier alpha value is -1.09. The zero-order valence-electron chi connectivity index (χ0n) is 13.1. The summed E-state index contributed by atoms with van der Waals surface area (Å²) in [4.78, 5) is 16.0. The van der Waals surface area contributed by atoms with E-state index in [1.165, 1.54) is 12.8 Å². The number of nitrogens with one attached hydrogen (secondary N) is 2. The van der Waals surface area contributed by atoms with E-state index in [1.807, 2.05) is 0 Å². The minimum absolute atomic E-state index is 0.113. The van der Waals surface area contributed by atoms with Crippen molar-refractivity contribution in [3.63, 3.8) is 0 Å². The van der Waals surface area contributed by atoms with Crippen molar-refractivity contribution < 1.29 is 4.79 Å². The second kappa shape index (κ2) is 8.38. The predicted octanol–water partition coefficient (Wildman–Crippen LogP) is -0.116. The minimum Gasteiger partial charge on any atom is -0.358 e. The second-order valence-electron chi connectivity index (χ2n) is 6.14. The molecule has 2 N–H and O–H groups in total. The molecule has 0 aromatic rings. The molecular weight excluding hydrogens is 264 g/mol. The Bertz CT molecular complexity index is 363. The van der Waals surface area contributed by atoms with Crippen LogP contribution in [0.25, 0.3) is 0 Å². The fraction of sp³-hybridized carbons (Fsp3) is 0.812. The quantitative estimate of drug-likeness (QED) is 0.694. The van der Waals surface area contributed by atoms with Crippen LogP contribution in [-0.2, 0) is 4.79 Å². The van der Waals surface area contributed by atoms with Crippen LogP contribution in [0.5, 0.6) is 0 Å². The molecule has 0 aromatic carbocycles. The number of terminal acetylenes is 1. The van der Waals surface area contributed by atoms with Crippen molar-refractivity contribution in [1.29, 1.82) is 0 Å². The summed E-state index contributed by atoms with van der Waals surface area (Å²) in [6.07, 6.45) is 10.0. The van der Waals surface area contributed by atoms with Crippen LogP contribution in [0.4, 0.5) is 0 Å². The molecule has 5 heteroatoms. The van der Waals surface area contributed by atoms with Crippen molar-refractivity contribution in [3.8, 4) is 12.3 Å². The van der Waals surface area contributed by atoms with Crippen LogP contribution in [0.15, 0.2) is 0 Å². The molecule has 2 aliphatic heterocycles. The first kappa shape index (κ1) is 16.3. The zero-order chi connectivity index (χ0) is 15.1. The van der Waals surface area contributed by atoms with Crippen LogP contribution >= 0.6 is 0 Å². The number of amides is 1. The van der Waals surface area contributed by atoms with Gasteiger partial charge in [0.15, 0.2) is 0 Å². The Morgan fingerprint density at radius 1 is 1.10 bits per heavy atom. The Morgan fingerprint density at radius 3 is 2.10 bits per heavy atom. The summed E-state index contributed by atoms with van der Waals surface area (Å²) in [5.74, 6) is 2.84. The SMILES string of the molecule is C#CCN1CCC(NC2CCN(CC(=O)NC)CC2)CC1. The molecule has 2 saturated heterocycles. The van der Waals surface area contributed by atoms with E-state index in [9.17, 15) is 4.79 Å². The lowest BCUT2D eigenvalue weighted by atomic mass is 9.99. The predicted molar refractivity (Wildman–Crippen MR) is 85.0 cm³/mol. The Labute approximate surface area is 128 Å². The van der Waals surface area contributed by atoms with E-state index < -0.39 is 0 Å². The molecule has 0 atom stereocenters. The smallest absolute Gasteiger partial charge is 0.233 e. The van der Waals surface area contributed by atoms with E-state index >= 15 is 0 Å². The molecule has 2 heterocycles. The van der Waals surface area contributed by atoms with Gasteiger partial charge in [-0.05, 0) is 25.7 Å². The van der Waals surface area contributed by atoms with Crippen molar-refractivity contribution in [3.05, 3.63) is 0 Å². The van der Waals surface area contributed by atoms with Gasteiger partial charge in [-0.1, -0.05) is 5.92 Å². The van der Waals surface area contributed by atoms with Gasteiger partial charge in [-0.25, -0.2) is 0 Å². The molecule has 0 bridgehead atoms. The van der Waals surface area contributed by atoms with Crippen molar-refractivity contribution in [1.82, 2.24) is 20.4 Å². The third kappa shape index (κ3) is 5.31. The zero-order valence-corrected chi connectivity index (χ0v) is 13.1. The van der Waals surface area contributed by atoms with E-state index in [-0.39, 0.29) is 5.91 Å². The van der Waals surface area contributed by atoms with Crippen LogP contribution in [0, 0.1) is 12.3 Å². The van der Waals surface area contributed by atoms with Crippen molar-refractivity contribution in [2.24, 2.45) is 0 Å². The van der Waals surface area contributed by atoms with E-state index in [2.05, 4.69) is 26.4 Å². The number of likely N-dealkylation sites (N-methyl/N-ethyl adjacent to an activating group) is 1. The molecule has 21 heavy (non-hydrogen) atoms. The number of hydrogen-bond acceptors (Lipinski definition) is 4. The van der Waals surface area contributed by atoms with Crippen LogP contribution in [0.1, 0.15) is 25.7 Å². The van der Waals surface area contributed by atoms with Gasteiger partial charge in [0, 0.05) is 45.3 Å². The monoisotopic (exact) mass is 292 g/mol. The number of likely N-dealkylation sites (tertiary alicyclic amines) is 2. The van der Waals surface area contributed by atoms with Crippen LogP contribution < -0.4 is 10.6 Å². The first-order valence-electron chi connectivity index (χ1n) is 8.06. The standard InChI is InChI=1S/C16H28N4O/c1-3-8-19-9-4-14(5-10-19)18-15-6-11-20(12-7-15)13-16(21)17-2/h1,14-15,18H,4-13H2,2H3,(H,17,21). The van der Waals surface area contributed by atoms with Gasteiger partial charge >= 0.3 is 0 Å². The third-order valence-electron chi connectivity index (χ3n) is 4.61. The van der Waals surface area contributed by atoms with Gasteiger partial charge in [0.2, 0.25) is 5.91 Å². The highest BCUT2D eigenvalue weighted by Gasteiger charge is 2.24. The molecule has 0 aromatic heterocycles. The summed E-state index contributed by atoms with van der Waals surface area (Å²) in [5.41, 5.74) is 0. The van der Waals surface area contributed by atoms with Gasteiger partial charge in [0.25, 0.3) is 0 Å². The fourth-order valence-electron chi connectivity index (χ4n) is 3.26. The lowest BCUT2D eigenvalue weighted by molar-refractivity contribution is -0.122. The van der Waals surface area contributed by atoms with Gasteiger partial charge in [-0.2, -0.15) is 0 Å². The van der Waals surface area contributed by atoms with E-state index in [4.69, 9.17) is 6.42 Å². The highest BCUT2D eigenvalue weighted by molar-refractivity contribution is 5.77. The summed E-state index contributed by atoms with van der Waals surface area (Å²) < 4.78 is 0. The van der Waals surface area contributed by atoms with Gasteiger partial charge in [0.1, 0.15) is 0 Å². The Kier molecular flexibility index (Phi) is 6.50. The summed E-state index contributed by atoms with van der Waals surface area (Å²) in [7, 11) is 1.70. The summed E-state index contributed by atoms with van der Waals surface area (Å²) >= 11 is 0. The lowest BCUT2D eigenvalue weighted by Gasteiger charge is -2.37. The molecule has 0 aliphatic carbocycles. The van der Waals surface area contributed by atoms with E-state index in [1.54, 1.807) is 7.05 Å². The molecule has 2 rings (SSSR count). The Morgan fingerprint density at radius 2 is 1.62 bits per heavy atom. The largest absolute Gasteiger partial charge is 0.358 e. The maximum Gasteiger partial charge on any atom is 0.233 e. The van der Waals surface area contributed by atoms with Crippen LogP contribution in [0.3, 0.4) is 0 Å². The fourth-order valence-corrected chi connectivity index (χ4v) is 3.26. The van der Waals surface area contributed by atoms with Crippen LogP contribution in [-0.4, -0.2) is 74.1 Å². The third-order valence-corrected chi connectivity index (χ3v) is 4.61. The molecule has 0 radical (unpaired) electrons. The lowest BCUT2D eigenvalue weighted by Crippen LogP contribution is -2.50. The number of piperidine rings is 2. The summed E-state index contributed by atoms with van der Waals surface area (Å²) in [6.45, 7) is 5.56. The number of nitrogens with zero attached hydrogens (tertiary/aromatic N) is 2. The highest BCUT2D eigenvalue weighted by Crippen LogP contribution is 2.15. The molecule has 0 spiro atoms. The Balaban J connectivity index is 1.63. The molecule has 0 saturated carbocycles. The first-order valence-corrected chi connectivity index (χ1v) is 8.06. The van der Waals surface area contributed by atoms with Gasteiger partial charge in [0.05, 0.1) is 13.1 Å². The molecule has 5 nitrogen and oxygen atoms in total. The van der Waals surface area contributed by atoms with Crippen molar-refractivity contribution >= 4 is 5.91 Å². The van der Waals surface area contributed by atoms with E-state index in [0.717, 1.165) is 45.6 Å². The number of carbonyl (C=O) groups is 1. The average molecular weight is 292 g/mol. The number of hydrogen-bond donors (Lipinski definition) is 2. The van der Waals surface area contributed by atoms with Crippen molar-refractivity contribution in [2.75, 3.05) is 46.3 Å². The number of rotatable bonds is 5.